The molecule has 1 N–H and O–H groups in total. The second kappa shape index (κ2) is 7.13. The summed E-state index contributed by atoms with van der Waals surface area (Å²) in [5.74, 6) is -1.46. The summed E-state index contributed by atoms with van der Waals surface area (Å²) in [4.78, 5) is 10.8. The average Bonchev–Trinajstić information content (AvgIpc) is 2.64. The van der Waals surface area contributed by atoms with Crippen LogP contribution in [-0.2, 0) is 21.0 Å². The molecule has 1 aliphatic carbocycles. The number of rotatable bonds is 3. The zero-order valence-corrected chi connectivity index (χ0v) is 18.5. The molecular formula is C20H17BrF3NO5S. The number of carboxylic acids is 1. The molecule has 1 atom stereocenters. The molecule has 1 fully saturated rings. The normalized spacial score (nSPS) is 25.5. The van der Waals surface area contributed by atoms with Crippen molar-refractivity contribution in [1.82, 2.24) is 0 Å². The van der Waals surface area contributed by atoms with Crippen molar-refractivity contribution >= 4 is 37.6 Å². The minimum atomic E-state index is -4.70. The van der Waals surface area contributed by atoms with Gasteiger partial charge in [0.2, 0.25) is 0 Å². The first-order valence-corrected chi connectivity index (χ1v) is 11.5. The molecule has 1 aliphatic heterocycles. The topological polar surface area (TPSA) is 83.9 Å². The van der Waals surface area contributed by atoms with E-state index in [2.05, 4.69) is 15.9 Å². The molecule has 1 heterocycles. The fourth-order valence-corrected chi connectivity index (χ4v) is 6.25. The van der Waals surface area contributed by atoms with Crippen LogP contribution in [-0.4, -0.2) is 31.1 Å². The lowest BCUT2D eigenvalue weighted by Gasteiger charge is -2.55. The highest BCUT2D eigenvalue weighted by atomic mass is 79.9. The van der Waals surface area contributed by atoms with E-state index in [-0.39, 0.29) is 24.3 Å². The predicted octanol–water partition coefficient (Wildman–Crippen LogP) is 4.68. The number of aliphatic carboxylic acids is 1. The van der Waals surface area contributed by atoms with Crippen molar-refractivity contribution in [2.24, 2.45) is 5.92 Å². The molecule has 6 nitrogen and oxygen atoms in total. The molecule has 11 heteroatoms. The SMILES string of the molecule is CC1N(S(=O)(=O)c2cccc(C(F)(F)F)c2)c2cc(Br)ccc2OC12CC(C(=O)O)C2. The number of fused-ring (bicyclic) bond motifs is 1. The molecule has 0 amide bonds. The average molecular weight is 520 g/mol. The van der Waals surface area contributed by atoms with Gasteiger partial charge < -0.3 is 9.84 Å². The van der Waals surface area contributed by atoms with Crippen molar-refractivity contribution in [3.8, 4) is 5.75 Å². The van der Waals surface area contributed by atoms with Crippen LogP contribution in [0.3, 0.4) is 0 Å². The number of halogens is 4. The maximum Gasteiger partial charge on any atom is 0.416 e. The summed E-state index contributed by atoms with van der Waals surface area (Å²) in [5.41, 5.74) is -1.99. The van der Waals surface area contributed by atoms with E-state index < -0.39 is 50.2 Å². The van der Waals surface area contributed by atoms with Crippen molar-refractivity contribution in [2.45, 2.75) is 42.5 Å². The van der Waals surface area contributed by atoms with Gasteiger partial charge in [-0.3, -0.25) is 9.10 Å². The Morgan fingerprint density at radius 3 is 2.52 bits per heavy atom. The van der Waals surface area contributed by atoms with Gasteiger partial charge in [-0.25, -0.2) is 8.42 Å². The van der Waals surface area contributed by atoms with Gasteiger partial charge in [0.1, 0.15) is 11.4 Å². The number of ether oxygens (including phenoxy) is 1. The van der Waals surface area contributed by atoms with E-state index in [0.29, 0.717) is 10.5 Å². The Morgan fingerprint density at radius 1 is 1.23 bits per heavy atom. The van der Waals surface area contributed by atoms with E-state index in [9.17, 15) is 31.5 Å². The maximum absolute atomic E-state index is 13.6. The molecule has 4 rings (SSSR count). The van der Waals surface area contributed by atoms with Crippen molar-refractivity contribution in [3.05, 3.63) is 52.5 Å². The number of benzene rings is 2. The Hall–Kier alpha value is -2.27. The number of carbonyl (C=O) groups is 1. The zero-order chi connectivity index (χ0) is 22.8. The second-order valence-electron chi connectivity index (χ2n) is 7.72. The lowest BCUT2D eigenvalue weighted by molar-refractivity contribution is -0.157. The summed E-state index contributed by atoms with van der Waals surface area (Å²) in [5, 5.41) is 9.28. The monoisotopic (exact) mass is 519 g/mol. The highest BCUT2D eigenvalue weighted by Crippen LogP contribution is 2.53. The Morgan fingerprint density at radius 2 is 1.90 bits per heavy atom. The third-order valence-electron chi connectivity index (χ3n) is 5.84. The summed E-state index contributed by atoms with van der Waals surface area (Å²) in [7, 11) is -4.42. The Balaban J connectivity index is 1.84. The van der Waals surface area contributed by atoms with Crippen LogP contribution in [0.4, 0.5) is 18.9 Å². The van der Waals surface area contributed by atoms with Crippen LogP contribution in [0.1, 0.15) is 25.3 Å². The minimum absolute atomic E-state index is 0.0909. The number of anilines is 1. The highest BCUT2D eigenvalue weighted by Gasteiger charge is 2.59. The summed E-state index contributed by atoms with van der Waals surface area (Å²) in [6.45, 7) is 1.58. The van der Waals surface area contributed by atoms with Crippen molar-refractivity contribution in [3.63, 3.8) is 0 Å². The Labute approximate surface area is 184 Å². The number of hydrogen-bond donors (Lipinski definition) is 1. The summed E-state index contributed by atoms with van der Waals surface area (Å²) >= 11 is 3.28. The number of sulfonamides is 1. The van der Waals surface area contributed by atoms with Gasteiger partial charge >= 0.3 is 12.1 Å². The van der Waals surface area contributed by atoms with Crippen molar-refractivity contribution in [1.29, 1.82) is 0 Å². The van der Waals surface area contributed by atoms with Gasteiger partial charge in [-0.15, -0.1) is 0 Å². The summed E-state index contributed by atoms with van der Waals surface area (Å²) < 4.78 is 74.4. The Kier molecular flexibility index (Phi) is 5.04. The number of alkyl halides is 3. The predicted molar refractivity (Wildman–Crippen MR) is 108 cm³/mol. The van der Waals surface area contributed by atoms with Crippen LogP contribution in [0.2, 0.25) is 0 Å². The molecule has 166 valence electrons. The van der Waals surface area contributed by atoms with Gasteiger partial charge in [-0.1, -0.05) is 22.0 Å². The Bertz CT molecular complexity index is 1160. The molecule has 31 heavy (non-hydrogen) atoms. The van der Waals surface area contributed by atoms with E-state index in [4.69, 9.17) is 4.74 Å². The second-order valence-corrected chi connectivity index (χ2v) is 10.5. The van der Waals surface area contributed by atoms with Crippen LogP contribution in [0.15, 0.2) is 51.8 Å². The van der Waals surface area contributed by atoms with Crippen LogP contribution >= 0.6 is 15.9 Å². The third-order valence-corrected chi connectivity index (χ3v) is 8.21. The van der Waals surface area contributed by atoms with Crippen LogP contribution in [0.25, 0.3) is 0 Å². The summed E-state index contributed by atoms with van der Waals surface area (Å²) in [6, 6.07) is 7.42. The van der Waals surface area contributed by atoms with Crippen molar-refractivity contribution < 1.29 is 36.2 Å². The number of carboxylic acid groups (broad SMARTS) is 1. The first-order valence-electron chi connectivity index (χ1n) is 9.28. The zero-order valence-electron chi connectivity index (χ0n) is 16.1. The molecule has 1 saturated carbocycles. The third kappa shape index (κ3) is 3.57. The molecule has 0 saturated heterocycles. The summed E-state index contributed by atoms with van der Waals surface area (Å²) in [6.07, 6.45) is -4.52. The number of nitrogens with zero attached hydrogens (tertiary/aromatic N) is 1. The smallest absolute Gasteiger partial charge is 0.416 e. The largest absolute Gasteiger partial charge is 0.483 e. The van der Waals surface area contributed by atoms with Crippen LogP contribution in [0, 0.1) is 5.92 Å². The van der Waals surface area contributed by atoms with Gasteiger partial charge in [-0.2, -0.15) is 13.2 Å². The van der Waals surface area contributed by atoms with Crippen LogP contribution < -0.4 is 9.04 Å². The molecule has 0 bridgehead atoms. The van der Waals surface area contributed by atoms with Gasteiger partial charge in [0.05, 0.1) is 28.1 Å². The minimum Gasteiger partial charge on any atom is -0.483 e. The van der Waals surface area contributed by atoms with E-state index in [0.717, 1.165) is 22.5 Å². The van der Waals surface area contributed by atoms with Crippen molar-refractivity contribution in [2.75, 3.05) is 4.31 Å². The molecular weight excluding hydrogens is 503 g/mol. The van der Waals surface area contributed by atoms with E-state index in [1.165, 1.54) is 6.07 Å². The lowest BCUT2D eigenvalue weighted by Crippen LogP contribution is -2.66. The van der Waals surface area contributed by atoms with Gasteiger partial charge in [0, 0.05) is 17.3 Å². The lowest BCUT2D eigenvalue weighted by atomic mass is 9.66. The van der Waals surface area contributed by atoms with E-state index in [1.807, 2.05) is 0 Å². The molecule has 2 aliphatic rings. The molecule has 0 radical (unpaired) electrons. The van der Waals surface area contributed by atoms with Gasteiger partial charge in [-0.05, 0) is 43.3 Å². The molecule has 2 aromatic rings. The van der Waals surface area contributed by atoms with Gasteiger partial charge in [0.15, 0.2) is 0 Å². The molecule has 2 aromatic carbocycles. The van der Waals surface area contributed by atoms with E-state index >= 15 is 0 Å². The molecule has 0 aromatic heterocycles. The quantitative estimate of drug-likeness (QED) is 0.636. The highest BCUT2D eigenvalue weighted by molar-refractivity contribution is 9.10. The standard InChI is InChI=1S/C20H17BrF3NO5S/c1-11-19(9-12(10-19)18(26)27)30-17-6-5-14(21)8-16(17)25(11)31(28,29)15-4-2-3-13(7-15)20(22,23)24/h2-8,11-12H,9-10H2,1H3,(H,26,27). The molecule has 1 unspecified atom stereocenters. The first kappa shape index (κ1) is 21.9. The van der Waals surface area contributed by atoms with Crippen LogP contribution in [0.5, 0.6) is 5.75 Å². The molecule has 1 spiro atoms. The first-order chi connectivity index (χ1) is 14.3. The van der Waals surface area contributed by atoms with Gasteiger partial charge in [0.25, 0.3) is 10.0 Å². The fourth-order valence-electron chi connectivity index (χ4n) is 4.13. The maximum atomic E-state index is 13.6. The number of hydrogen-bond acceptors (Lipinski definition) is 4. The van der Waals surface area contributed by atoms with E-state index in [1.54, 1.807) is 19.1 Å². The fraction of sp³-hybridized carbons (Fsp3) is 0.350.